The lowest BCUT2D eigenvalue weighted by Gasteiger charge is -2.30. The van der Waals surface area contributed by atoms with Gasteiger partial charge in [0, 0.05) is 23.9 Å². The van der Waals surface area contributed by atoms with Crippen LogP contribution in [0.15, 0.2) is 50.9 Å². The summed E-state index contributed by atoms with van der Waals surface area (Å²) in [4.78, 5) is 25.2. The molecule has 2 N–H and O–H groups in total. The summed E-state index contributed by atoms with van der Waals surface area (Å²) in [6.45, 7) is 2.57. The fourth-order valence-electron chi connectivity index (χ4n) is 2.95. The predicted molar refractivity (Wildman–Crippen MR) is 114 cm³/mol. The summed E-state index contributed by atoms with van der Waals surface area (Å²) in [5.41, 5.74) is 6.05. The van der Waals surface area contributed by atoms with Crippen LogP contribution >= 0.6 is 23.1 Å². The second-order valence-corrected chi connectivity index (χ2v) is 10.9. The highest BCUT2D eigenvalue weighted by molar-refractivity contribution is 8.00. The van der Waals surface area contributed by atoms with E-state index in [1.54, 1.807) is 17.5 Å². The molecule has 29 heavy (non-hydrogen) atoms. The van der Waals surface area contributed by atoms with Crippen molar-refractivity contribution in [1.82, 2.24) is 15.2 Å². The summed E-state index contributed by atoms with van der Waals surface area (Å²) in [7, 11) is -3.48. The molecule has 0 spiro atoms. The molecule has 1 aliphatic rings. The summed E-state index contributed by atoms with van der Waals surface area (Å²) in [6, 6.07) is 11.1. The molecule has 1 aliphatic heterocycles. The number of sulfonamides is 1. The van der Waals surface area contributed by atoms with E-state index in [0.29, 0.717) is 17.1 Å². The number of thioether (sulfide) groups is 1. The number of nitrogens with zero attached hydrogens (tertiary/aromatic N) is 1. The minimum absolute atomic E-state index is 0.195. The van der Waals surface area contributed by atoms with E-state index in [1.807, 2.05) is 31.2 Å². The van der Waals surface area contributed by atoms with Crippen LogP contribution < -0.4 is 10.9 Å². The molecule has 0 saturated carbocycles. The largest absolute Gasteiger partial charge is 0.273 e. The first-order valence-electron chi connectivity index (χ1n) is 9.18. The predicted octanol–water partition coefficient (Wildman–Crippen LogP) is 2.40. The lowest BCUT2D eigenvalue weighted by molar-refractivity contribution is -0.131. The fourth-order valence-corrected chi connectivity index (χ4v) is 6.26. The number of rotatable bonds is 6. The highest BCUT2D eigenvalue weighted by Gasteiger charge is 2.32. The standard InChI is InChI=1S/C19H23N3O4S3/c1-14-4-6-16(7-5-14)28-13-17(23)20-21-19(24)15-8-10-22(11-9-15)29(25,26)18-3-2-12-27-18/h2-7,12,15H,8-11,13H2,1H3,(H,20,23)(H,21,24). The lowest BCUT2D eigenvalue weighted by atomic mass is 9.98. The number of thiophene rings is 1. The number of hydrogen-bond acceptors (Lipinski definition) is 6. The van der Waals surface area contributed by atoms with E-state index in [4.69, 9.17) is 0 Å². The highest BCUT2D eigenvalue weighted by Crippen LogP contribution is 2.26. The van der Waals surface area contributed by atoms with Gasteiger partial charge in [-0.3, -0.25) is 20.4 Å². The number of aryl methyl sites for hydroxylation is 1. The van der Waals surface area contributed by atoms with Crippen LogP contribution in [0, 0.1) is 12.8 Å². The molecule has 0 bridgehead atoms. The first kappa shape index (κ1) is 21.8. The Kier molecular flexibility index (Phi) is 7.33. The monoisotopic (exact) mass is 453 g/mol. The molecule has 2 aromatic rings. The van der Waals surface area contributed by atoms with Crippen LogP contribution in [0.3, 0.4) is 0 Å². The second kappa shape index (κ2) is 9.75. The van der Waals surface area contributed by atoms with Crippen molar-refractivity contribution in [1.29, 1.82) is 0 Å². The van der Waals surface area contributed by atoms with Crippen molar-refractivity contribution in [2.24, 2.45) is 5.92 Å². The summed E-state index contributed by atoms with van der Waals surface area (Å²) < 4.78 is 26.8. The number of hydrogen-bond donors (Lipinski definition) is 2. The Morgan fingerprint density at radius 1 is 1.14 bits per heavy atom. The SMILES string of the molecule is Cc1ccc(SCC(=O)NNC(=O)C2CCN(S(=O)(=O)c3cccs3)CC2)cc1. The van der Waals surface area contributed by atoms with Gasteiger partial charge in [0.2, 0.25) is 11.8 Å². The first-order chi connectivity index (χ1) is 13.9. The molecule has 1 aromatic heterocycles. The number of carbonyl (C=O) groups excluding carboxylic acids is 2. The minimum atomic E-state index is -3.48. The fraction of sp³-hybridized carbons (Fsp3) is 0.368. The van der Waals surface area contributed by atoms with Crippen LogP contribution in [0.5, 0.6) is 0 Å². The zero-order valence-electron chi connectivity index (χ0n) is 16.0. The van der Waals surface area contributed by atoms with E-state index < -0.39 is 10.0 Å². The number of carbonyl (C=O) groups is 2. The summed E-state index contributed by atoms with van der Waals surface area (Å²) in [5.74, 6) is -0.704. The summed E-state index contributed by atoms with van der Waals surface area (Å²) in [6.07, 6.45) is 0.842. The van der Waals surface area contributed by atoms with Crippen molar-refractivity contribution in [2.45, 2.75) is 28.9 Å². The van der Waals surface area contributed by atoms with Gasteiger partial charge in [-0.2, -0.15) is 4.31 Å². The van der Waals surface area contributed by atoms with Gasteiger partial charge in [0.1, 0.15) is 4.21 Å². The van der Waals surface area contributed by atoms with Gasteiger partial charge < -0.3 is 0 Å². The van der Waals surface area contributed by atoms with Gasteiger partial charge in [-0.05, 0) is 43.3 Å². The average molecular weight is 454 g/mol. The molecule has 0 atom stereocenters. The highest BCUT2D eigenvalue weighted by atomic mass is 32.2. The van der Waals surface area contributed by atoms with Crippen molar-refractivity contribution in [3.05, 3.63) is 47.3 Å². The molecule has 10 heteroatoms. The second-order valence-electron chi connectivity index (χ2n) is 6.75. The molecule has 1 saturated heterocycles. The molecule has 0 unspecified atom stereocenters. The van der Waals surface area contributed by atoms with Gasteiger partial charge in [-0.1, -0.05) is 23.8 Å². The molecular weight excluding hydrogens is 430 g/mol. The zero-order valence-corrected chi connectivity index (χ0v) is 18.4. The molecular formula is C19H23N3O4S3. The Morgan fingerprint density at radius 3 is 2.45 bits per heavy atom. The molecule has 0 aliphatic carbocycles. The van der Waals surface area contributed by atoms with E-state index in [9.17, 15) is 18.0 Å². The number of benzene rings is 1. The maximum atomic E-state index is 12.5. The Balaban J connectivity index is 1.40. The van der Waals surface area contributed by atoms with Crippen molar-refractivity contribution >= 4 is 44.9 Å². The zero-order chi connectivity index (χ0) is 20.9. The van der Waals surface area contributed by atoms with E-state index in [0.717, 1.165) is 10.5 Å². The first-order valence-corrected chi connectivity index (χ1v) is 12.5. The van der Waals surface area contributed by atoms with Crippen LogP contribution in [0.1, 0.15) is 18.4 Å². The summed E-state index contributed by atoms with van der Waals surface area (Å²) in [5, 5.41) is 1.73. The lowest BCUT2D eigenvalue weighted by Crippen LogP contribution is -2.48. The molecule has 1 aromatic carbocycles. The van der Waals surface area contributed by atoms with Gasteiger partial charge in [-0.15, -0.1) is 23.1 Å². The normalized spacial score (nSPS) is 15.8. The number of nitrogens with one attached hydrogen (secondary N) is 2. The third kappa shape index (κ3) is 5.81. The number of amides is 2. The molecule has 7 nitrogen and oxygen atoms in total. The van der Waals surface area contributed by atoms with Crippen LogP contribution in [0.4, 0.5) is 0 Å². The van der Waals surface area contributed by atoms with Crippen LogP contribution in [0.2, 0.25) is 0 Å². The van der Waals surface area contributed by atoms with Crippen LogP contribution in [-0.4, -0.2) is 43.4 Å². The molecule has 3 rings (SSSR count). The Hall–Kier alpha value is -1.88. The van der Waals surface area contributed by atoms with E-state index in [1.165, 1.54) is 27.4 Å². The Bertz CT molecular complexity index is 936. The van der Waals surface area contributed by atoms with E-state index >= 15 is 0 Å². The Labute approximate surface area is 178 Å². The molecule has 156 valence electrons. The van der Waals surface area contributed by atoms with Crippen LogP contribution in [0.25, 0.3) is 0 Å². The van der Waals surface area contributed by atoms with Crippen molar-refractivity contribution in [2.75, 3.05) is 18.8 Å². The average Bonchev–Trinajstić information content (AvgIpc) is 3.27. The van der Waals surface area contributed by atoms with Crippen molar-refractivity contribution in [3.8, 4) is 0 Å². The van der Waals surface area contributed by atoms with Crippen molar-refractivity contribution < 1.29 is 18.0 Å². The van der Waals surface area contributed by atoms with Gasteiger partial charge in [-0.25, -0.2) is 8.42 Å². The maximum Gasteiger partial charge on any atom is 0.252 e. The van der Waals surface area contributed by atoms with Gasteiger partial charge in [0.15, 0.2) is 0 Å². The number of piperidine rings is 1. The maximum absolute atomic E-state index is 12.5. The quantitative estimate of drug-likeness (QED) is 0.517. The van der Waals surface area contributed by atoms with Crippen LogP contribution in [-0.2, 0) is 19.6 Å². The molecule has 0 radical (unpaired) electrons. The van der Waals surface area contributed by atoms with E-state index in [2.05, 4.69) is 10.9 Å². The molecule has 2 amide bonds. The van der Waals surface area contributed by atoms with E-state index in [-0.39, 0.29) is 36.6 Å². The van der Waals surface area contributed by atoms with Gasteiger partial charge in [0.25, 0.3) is 10.0 Å². The minimum Gasteiger partial charge on any atom is -0.273 e. The summed E-state index contributed by atoms with van der Waals surface area (Å²) >= 11 is 2.58. The van der Waals surface area contributed by atoms with Gasteiger partial charge in [0.05, 0.1) is 5.75 Å². The van der Waals surface area contributed by atoms with Gasteiger partial charge >= 0.3 is 0 Å². The number of hydrazine groups is 1. The molecule has 2 heterocycles. The topological polar surface area (TPSA) is 95.6 Å². The van der Waals surface area contributed by atoms with Crippen molar-refractivity contribution in [3.63, 3.8) is 0 Å². The molecule has 1 fully saturated rings. The third-order valence-corrected chi connectivity index (χ3v) is 8.91. The smallest absolute Gasteiger partial charge is 0.252 e. The Morgan fingerprint density at radius 2 is 1.83 bits per heavy atom. The third-order valence-electron chi connectivity index (χ3n) is 4.63.